The van der Waals surface area contributed by atoms with Crippen LogP contribution in [0, 0.1) is 0 Å². The number of piperazine rings is 1. The molecule has 0 atom stereocenters. The second kappa shape index (κ2) is 12.0. The van der Waals surface area contributed by atoms with Gasteiger partial charge in [-0.25, -0.2) is 9.98 Å². The summed E-state index contributed by atoms with van der Waals surface area (Å²) in [6.07, 6.45) is -3.00. The zero-order valence-corrected chi connectivity index (χ0v) is 20.0. The number of pyridine rings is 1. The van der Waals surface area contributed by atoms with Crippen LogP contribution in [0.1, 0.15) is 12.5 Å². The highest BCUT2D eigenvalue weighted by Gasteiger charge is 2.28. The molecule has 176 valence electrons. The van der Waals surface area contributed by atoms with E-state index in [-0.39, 0.29) is 42.2 Å². The number of aromatic hydroxyl groups is 1. The maximum atomic E-state index is 12.3. The molecule has 0 spiro atoms. The Labute approximate surface area is 202 Å². The van der Waals surface area contributed by atoms with Gasteiger partial charge in [0.2, 0.25) is 5.88 Å². The van der Waals surface area contributed by atoms with Gasteiger partial charge in [-0.05, 0) is 30.7 Å². The number of aliphatic imine (C=N–C) groups is 1. The molecule has 0 bridgehead atoms. The van der Waals surface area contributed by atoms with Crippen LogP contribution in [0.15, 0.2) is 47.6 Å². The van der Waals surface area contributed by atoms with E-state index in [1.807, 2.05) is 19.1 Å². The third-order valence-electron chi connectivity index (χ3n) is 4.73. The minimum Gasteiger partial charge on any atom is -0.506 e. The minimum atomic E-state index is -4.41. The summed E-state index contributed by atoms with van der Waals surface area (Å²) in [5.41, 5.74) is 1.52. The maximum Gasteiger partial charge on any atom is 0.422 e. The smallest absolute Gasteiger partial charge is 0.422 e. The van der Waals surface area contributed by atoms with Gasteiger partial charge in [-0.3, -0.25) is 0 Å². The van der Waals surface area contributed by atoms with Crippen molar-refractivity contribution in [2.75, 3.05) is 44.2 Å². The third-order valence-corrected chi connectivity index (χ3v) is 4.73. The number of halogens is 4. The number of phenols is 1. The minimum absolute atomic E-state index is 0. The Morgan fingerprint density at radius 1 is 1.19 bits per heavy atom. The topological polar surface area (TPSA) is 73.2 Å². The van der Waals surface area contributed by atoms with Crippen LogP contribution in [0.5, 0.6) is 11.6 Å². The van der Waals surface area contributed by atoms with Crippen LogP contribution in [0.3, 0.4) is 0 Å². The van der Waals surface area contributed by atoms with E-state index in [1.165, 1.54) is 12.3 Å². The summed E-state index contributed by atoms with van der Waals surface area (Å²) in [4.78, 5) is 12.7. The van der Waals surface area contributed by atoms with Crippen molar-refractivity contribution < 1.29 is 23.0 Å². The Morgan fingerprint density at radius 2 is 1.91 bits per heavy atom. The van der Waals surface area contributed by atoms with Gasteiger partial charge < -0.3 is 25.0 Å². The van der Waals surface area contributed by atoms with Crippen molar-refractivity contribution in [3.63, 3.8) is 0 Å². The number of alkyl halides is 3. The van der Waals surface area contributed by atoms with Gasteiger partial charge in [0, 0.05) is 45.0 Å². The lowest BCUT2D eigenvalue weighted by molar-refractivity contribution is -0.154. The summed E-state index contributed by atoms with van der Waals surface area (Å²) >= 11 is 0. The van der Waals surface area contributed by atoms with E-state index >= 15 is 0 Å². The van der Waals surface area contributed by atoms with E-state index in [2.05, 4.69) is 25.1 Å². The van der Waals surface area contributed by atoms with Gasteiger partial charge in [0.1, 0.15) is 5.75 Å². The number of guanidine groups is 1. The molecule has 0 amide bonds. The molecule has 32 heavy (non-hydrogen) atoms. The lowest BCUT2D eigenvalue weighted by atomic mass is 10.2. The third kappa shape index (κ3) is 7.61. The van der Waals surface area contributed by atoms with E-state index in [0.717, 1.165) is 37.8 Å². The van der Waals surface area contributed by atoms with Gasteiger partial charge in [0.05, 0.1) is 12.2 Å². The number of anilines is 1. The van der Waals surface area contributed by atoms with E-state index in [9.17, 15) is 18.3 Å². The Bertz CT molecular complexity index is 890. The summed E-state index contributed by atoms with van der Waals surface area (Å²) in [5, 5.41) is 13.3. The zero-order valence-electron chi connectivity index (χ0n) is 17.7. The van der Waals surface area contributed by atoms with E-state index in [4.69, 9.17) is 4.74 Å². The lowest BCUT2D eigenvalue weighted by Gasteiger charge is -2.37. The molecular weight excluding hydrogens is 538 g/mol. The molecule has 7 nitrogen and oxygen atoms in total. The van der Waals surface area contributed by atoms with Crippen LogP contribution in [0.4, 0.5) is 18.9 Å². The van der Waals surface area contributed by atoms with E-state index in [1.54, 1.807) is 18.2 Å². The van der Waals surface area contributed by atoms with Crippen molar-refractivity contribution in [1.82, 2.24) is 15.2 Å². The Morgan fingerprint density at radius 3 is 2.56 bits per heavy atom. The monoisotopic (exact) mass is 565 g/mol. The van der Waals surface area contributed by atoms with Crippen LogP contribution in [0.2, 0.25) is 0 Å². The molecule has 2 N–H and O–H groups in total. The Balaban J connectivity index is 0.00000363. The largest absolute Gasteiger partial charge is 0.506 e. The standard InChI is InChI=1S/C21H26F3N5O2.HI/c1-2-25-20(27-14-16-7-8-26-19(13-16)31-15-21(22,23)24)29-11-9-28(10-12-29)17-5-3-4-6-18(17)30;/h3-8,13,30H,2,9-12,14-15H2,1H3,(H,25,27);1H. The summed E-state index contributed by atoms with van der Waals surface area (Å²) in [6.45, 7) is 4.47. The number of para-hydroxylation sites is 2. The Hall–Kier alpha value is -2.44. The normalized spacial score (nSPS) is 14.7. The number of rotatable bonds is 6. The molecule has 1 aromatic heterocycles. The van der Waals surface area contributed by atoms with Crippen LogP contribution in [0.25, 0.3) is 0 Å². The number of hydrogen-bond donors (Lipinski definition) is 2. The quantitative estimate of drug-likeness (QED) is 0.317. The molecule has 1 aliphatic rings. The van der Waals surface area contributed by atoms with Crippen LogP contribution >= 0.6 is 24.0 Å². The van der Waals surface area contributed by atoms with Crippen molar-refractivity contribution in [3.8, 4) is 11.6 Å². The van der Waals surface area contributed by atoms with Gasteiger partial charge in [-0.2, -0.15) is 13.2 Å². The molecule has 0 aliphatic carbocycles. The van der Waals surface area contributed by atoms with E-state index < -0.39 is 12.8 Å². The molecule has 2 heterocycles. The van der Waals surface area contributed by atoms with Crippen molar-refractivity contribution in [1.29, 1.82) is 0 Å². The molecule has 0 unspecified atom stereocenters. The van der Waals surface area contributed by atoms with Crippen LogP contribution in [-0.2, 0) is 6.54 Å². The highest BCUT2D eigenvalue weighted by atomic mass is 127. The second-order valence-corrected chi connectivity index (χ2v) is 7.04. The summed E-state index contributed by atoms with van der Waals surface area (Å²) in [6, 6.07) is 10.4. The lowest BCUT2D eigenvalue weighted by Crippen LogP contribution is -2.52. The fraction of sp³-hybridized carbons (Fsp3) is 0.429. The molecule has 1 aliphatic heterocycles. The van der Waals surface area contributed by atoms with E-state index in [0.29, 0.717) is 12.1 Å². The number of nitrogens with one attached hydrogen (secondary N) is 1. The Kier molecular flexibility index (Phi) is 9.66. The summed E-state index contributed by atoms with van der Waals surface area (Å²) in [5.74, 6) is 0.915. The van der Waals surface area contributed by atoms with Crippen molar-refractivity contribution in [2.45, 2.75) is 19.6 Å². The number of phenolic OH excluding ortho intramolecular Hbond substituents is 1. The molecule has 2 aromatic rings. The maximum absolute atomic E-state index is 12.3. The van der Waals surface area contributed by atoms with Crippen molar-refractivity contribution >= 4 is 35.6 Å². The molecule has 3 rings (SSSR count). The van der Waals surface area contributed by atoms with Gasteiger partial charge in [-0.15, -0.1) is 24.0 Å². The molecular formula is C21H27F3IN5O2. The molecule has 1 fully saturated rings. The number of hydrogen-bond acceptors (Lipinski definition) is 5. The predicted octanol–water partition coefficient (Wildman–Crippen LogP) is 3.63. The highest BCUT2D eigenvalue weighted by Crippen LogP contribution is 2.27. The number of ether oxygens (including phenoxy) is 1. The number of benzene rings is 1. The summed E-state index contributed by atoms with van der Waals surface area (Å²) in [7, 11) is 0. The van der Waals surface area contributed by atoms with Gasteiger partial charge in [-0.1, -0.05) is 12.1 Å². The average Bonchev–Trinajstić information content (AvgIpc) is 2.76. The van der Waals surface area contributed by atoms with Crippen molar-refractivity contribution in [2.24, 2.45) is 4.99 Å². The molecule has 11 heteroatoms. The first kappa shape index (κ1) is 25.8. The van der Waals surface area contributed by atoms with Gasteiger partial charge >= 0.3 is 6.18 Å². The first-order chi connectivity index (χ1) is 14.9. The first-order valence-corrected chi connectivity index (χ1v) is 10.1. The van der Waals surface area contributed by atoms with Crippen molar-refractivity contribution in [3.05, 3.63) is 48.2 Å². The van der Waals surface area contributed by atoms with Gasteiger partial charge in [0.25, 0.3) is 0 Å². The molecule has 1 saturated heterocycles. The summed E-state index contributed by atoms with van der Waals surface area (Å²) < 4.78 is 41.7. The molecule has 0 saturated carbocycles. The fourth-order valence-corrected chi connectivity index (χ4v) is 3.27. The number of nitrogens with zero attached hydrogens (tertiary/aromatic N) is 4. The van der Waals surface area contributed by atoms with Crippen LogP contribution < -0.4 is 15.0 Å². The number of aromatic nitrogens is 1. The zero-order chi connectivity index (χ0) is 22.3. The predicted molar refractivity (Wildman–Crippen MR) is 128 cm³/mol. The highest BCUT2D eigenvalue weighted by molar-refractivity contribution is 14.0. The fourth-order valence-electron chi connectivity index (χ4n) is 3.27. The second-order valence-electron chi connectivity index (χ2n) is 7.04. The van der Waals surface area contributed by atoms with Crippen LogP contribution in [-0.4, -0.2) is 66.5 Å². The first-order valence-electron chi connectivity index (χ1n) is 10.1. The molecule has 0 radical (unpaired) electrons. The van der Waals surface area contributed by atoms with Gasteiger partial charge in [0.15, 0.2) is 12.6 Å². The molecule has 1 aromatic carbocycles. The SMILES string of the molecule is CCNC(=NCc1ccnc(OCC(F)(F)F)c1)N1CCN(c2ccccc2O)CC1.I. The average molecular weight is 565 g/mol.